The Hall–Kier alpha value is -1.97. The molecule has 2 N–H and O–H groups in total. The van der Waals surface area contributed by atoms with Gasteiger partial charge < -0.3 is 15.0 Å². The second kappa shape index (κ2) is 7.87. The van der Waals surface area contributed by atoms with Crippen molar-refractivity contribution in [3.8, 4) is 5.75 Å². The Balaban J connectivity index is 2.00. The maximum atomic E-state index is 12.3. The number of ether oxygens (including phenoxy) is 1. The number of methoxy groups -OCH3 is 1. The van der Waals surface area contributed by atoms with Crippen molar-refractivity contribution in [2.24, 2.45) is 5.92 Å². The summed E-state index contributed by atoms with van der Waals surface area (Å²) in [6.45, 7) is 5.12. The highest BCUT2D eigenvalue weighted by Crippen LogP contribution is 2.21. The number of rotatable bonds is 8. The Morgan fingerprint density at radius 3 is 2.82 bits per heavy atom. The molecule has 0 aliphatic heterocycles. The first kappa shape index (κ1) is 16.4. The van der Waals surface area contributed by atoms with Gasteiger partial charge in [0.25, 0.3) is 5.91 Å². The van der Waals surface area contributed by atoms with Gasteiger partial charge in [0, 0.05) is 17.4 Å². The maximum absolute atomic E-state index is 12.3. The Labute approximate surface area is 132 Å². The van der Waals surface area contributed by atoms with Gasteiger partial charge in [-0.3, -0.25) is 4.79 Å². The minimum absolute atomic E-state index is 0.0369. The predicted molar refractivity (Wildman–Crippen MR) is 90.5 cm³/mol. The topological polar surface area (TPSA) is 54.1 Å². The number of aromatic nitrogens is 1. The van der Waals surface area contributed by atoms with Crippen LogP contribution in [0.15, 0.2) is 24.3 Å². The van der Waals surface area contributed by atoms with Crippen LogP contribution in [0.4, 0.5) is 0 Å². The monoisotopic (exact) mass is 302 g/mol. The van der Waals surface area contributed by atoms with Crippen molar-refractivity contribution in [3.63, 3.8) is 0 Å². The molecule has 120 valence electrons. The van der Waals surface area contributed by atoms with Crippen molar-refractivity contribution < 1.29 is 9.53 Å². The molecule has 1 amide bonds. The normalized spacial score (nSPS) is 12.3. The van der Waals surface area contributed by atoms with Gasteiger partial charge in [-0.05, 0) is 36.6 Å². The summed E-state index contributed by atoms with van der Waals surface area (Å²) >= 11 is 0. The van der Waals surface area contributed by atoms with E-state index in [1.54, 1.807) is 7.11 Å². The van der Waals surface area contributed by atoms with E-state index in [0.29, 0.717) is 11.6 Å². The number of nitrogens with one attached hydrogen (secondary N) is 2. The van der Waals surface area contributed by atoms with Crippen LogP contribution in [-0.4, -0.2) is 24.5 Å². The van der Waals surface area contributed by atoms with Crippen LogP contribution in [0.3, 0.4) is 0 Å². The van der Waals surface area contributed by atoms with E-state index >= 15 is 0 Å². The number of H-pyrrole nitrogens is 1. The number of benzene rings is 1. The van der Waals surface area contributed by atoms with Gasteiger partial charge in [-0.1, -0.05) is 33.1 Å². The maximum Gasteiger partial charge on any atom is 0.267 e. The molecule has 1 atom stereocenters. The number of hydrogen-bond acceptors (Lipinski definition) is 2. The van der Waals surface area contributed by atoms with E-state index in [9.17, 15) is 4.79 Å². The molecular weight excluding hydrogens is 276 g/mol. The summed E-state index contributed by atoms with van der Waals surface area (Å²) < 4.78 is 5.21. The molecule has 0 saturated carbocycles. The number of aromatic amines is 1. The van der Waals surface area contributed by atoms with Gasteiger partial charge in [0.1, 0.15) is 11.4 Å². The number of hydrogen-bond donors (Lipinski definition) is 2. The highest BCUT2D eigenvalue weighted by molar-refractivity contribution is 5.98. The molecule has 0 spiro atoms. The summed E-state index contributed by atoms with van der Waals surface area (Å²) in [5, 5.41) is 4.04. The Kier molecular flexibility index (Phi) is 5.87. The smallest absolute Gasteiger partial charge is 0.267 e. The quantitative estimate of drug-likeness (QED) is 0.770. The SMILES string of the molecule is CCCCC(CC)CNC(=O)c1cc2cc(OC)ccc2[nH]1. The molecule has 4 nitrogen and oxygen atoms in total. The number of carbonyl (C=O) groups is 1. The van der Waals surface area contributed by atoms with Gasteiger partial charge in [-0.25, -0.2) is 0 Å². The molecule has 0 aliphatic rings. The van der Waals surface area contributed by atoms with Crippen LogP contribution in [0.25, 0.3) is 10.9 Å². The van der Waals surface area contributed by atoms with Gasteiger partial charge in [0.15, 0.2) is 0 Å². The molecule has 1 heterocycles. The van der Waals surface area contributed by atoms with E-state index in [0.717, 1.165) is 29.6 Å². The van der Waals surface area contributed by atoms with Crippen LogP contribution in [0.5, 0.6) is 5.75 Å². The van der Waals surface area contributed by atoms with Crippen molar-refractivity contribution in [1.29, 1.82) is 0 Å². The molecule has 2 rings (SSSR count). The largest absolute Gasteiger partial charge is 0.497 e. The first-order chi connectivity index (χ1) is 10.7. The highest BCUT2D eigenvalue weighted by atomic mass is 16.5. The van der Waals surface area contributed by atoms with Crippen LogP contribution in [0.2, 0.25) is 0 Å². The van der Waals surface area contributed by atoms with E-state index in [4.69, 9.17) is 4.74 Å². The minimum atomic E-state index is -0.0369. The Bertz CT molecular complexity index is 619. The van der Waals surface area contributed by atoms with Gasteiger partial charge in [-0.2, -0.15) is 0 Å². The van der Waals surface area contributed by atoms with Gasteiger partial charge in [-0.15, -0.1) is 0 Å². The first-order valence-corrected chi connectivity index (χ1v) is 8.12. The third-order valence-electron chi connectivity index (χ3n) is 4.17. The van der Waals surface area contributed by atoms with E-state index in [1.165, 1.54) is 19.3 Å². The molecule has 4 heteroatoms. The summed E-state index contributed by atoms with van der Waals surface area (Å²) in [5.74, 6) is 1.32. The van der Waals surface area contributed by atoms with E-state index in [1.807, 2.05) is 24.3 Å². The summed E-state index contributed by atoms with van der Waals surface area (Å²) in [7, 11) is 1.64. The molecule has 0 bridgehead atoms. The fourth-order valence-electron chi connectivity index (χ4n) is 2.64. The summed E-state index contributed by atoms with van der Waals surface area (Å²) in [5.41, 5.74) is 1.55. The van der Waals surface area contributed by atoms with E-state index < -0.39 is 0 Å². The lowest BCUT2D eigenvalue weighted by atomic mass is 9.99. The number of unbranched alkanes of at least 4 members (excludes halogenated alkanes) is 1. The molecule has 0 fully saturated rings. The van der Waals surface area contributed by atoms with Crippen molar-refractivity contribution in [1.82, 2.24) is 10.3 Å². The second-order valence-corrected chi connectivity index (χ2v) is 5.76. The van der Waals surface area contributed by atoms with Gasteiger partial charge in [0.2, 0.25) is 0 Å². The fourth-order valence-corrected chi connectivity index (χ4v) is 2.64. The van der Waals surface area contributed by atoms with Gasteiger partial charge >= 0.3 is 0 Å². The lowest BCUT2D eigenvalue weighted by molar-refractivity contribution is 0.0941. The van der Waals surface area contributed by atoms with Crippen molar-refractivity contribution in [2.45, 2.75) is 39.5 Å². The number of amides is 1. The molecule has 22 heavy (non-hydrogen) atoms. The average Bonchev–Trinajstić information content (AvgIpc) is 2.97. The van der Waals surface area contributed by atoms with Crippen LogP contribution in [0, 0.1) is 5.92 Å². The molecule has 0 saturated heterocycles. The van der Waals surface area contributed by atoms with Gasteiger partial charge in [0.05, 0.1) is 7.11 Å². The lowest BCUT2D eigenvalue weighted by Crippen LogP contribution is -2.29. The number of fused-ring (bicyclic) bond motifs is 1. The zero-order valence-electron chi connectivity index (χ0n) is 13.7. The van der Waals surface area contributed by atoms with Crippen molar-refractivity contribution >= 4 is 16.8 Å². The Morgan fingerprint density at radius 2 is 2.14 bits per heavy atom. The zero-order chi connectivity index (χ0) is 15.9. The molecular formula is C18H26N2O2. The molecule has 0 radical (unpaired) electrons. The highest BCUT2D eigenvalue weighted by Gasteiger charge is 2.12. The van der Waals surface area contributed by atoms with Crippen LogP contribution >= 0.6 is 0 Å². The third kappa shape index (κ3) is 4.03. The van der Waals surface area contributed by atoms with Crippen molar-refractivity contribution in [3.05, 3.63) is 30.0 Å². The molecule has 1 unspecified atom stereocenters. The summed E-state index contributed by atoms with van der Waals surface area (Å²) in [6, 6.07) is 7.62. The average molecular weight is 302 g/mol. The van der Waals surface area contributed by atoms with Crippen LogP contribution in [0.1, 0.15) is 50.0 Å². The molecule has 0 aliphatic carbocycles. The fraction of sp³-hybridized carbons (Fsp3) is 0.500. The molecule has 2 aromatic rings. The minimum Gasteiger partial charge on any atom is -0.497 e. The predicted octanol–water partition coefficient (Wildman–Crippen LogP) is 4.12. The zero-order valence-corrected chi connectivity index (χ0v) is 13.7. The van der Waals surface area contributed by atoms with E-state index in [2.05, 4.69) is 24.1 Å². The number of carbonyl (C=O) groups excluding carboxylic acids is 1. The summed E-state index contributed by atoms with van der Waals surface area (Å²) in [4.78, 5) is 15.5. The van der Waals surface area contributed by atoms with Crippen LogP contribution in [-0.2, 0) is 0 Å². The molecule has 1 aromatic heterocycles. The molecule has 1 aromatic carbocycles. The van der Waals surface area contributed by atoms with E-state index in [-0.39, 0.29) is 5.91 Å². The standard InChI is InChI=1S/C18H26N2O2/c1-4-6-7-13(5-2)12-19-18(21)17-11-14-10-15(22-3)8-9-16(14)20-17/h8-11,13,20H,4-7,12H2,1-3H3,(H,19,21). The van der Waals surface area contributed by atoms with Crippen molar-refractivity contribution in [2.75, 3.05) is 13.7 Å². The lowest BCUT2D eigenvalue weighted by Gasteiger charge is -2.14. The first-order valence-electron chi connectivity index (χ1n) is 8.12. The summed E-state index contributed by atoms with van der Waals surface area (Å²) in [6.07, 6.45) is 4.70. The Morgan fingerprint density at radius 1 is 1.32 bits per heavy atom. The third-order valence-corrected chi connectivity index (χ3v) is 4.17. The van der Waals surface area contributed by atoms with Crippen LogP contribution < -0.4 is 10.1 Å². The second-order valence-electron chi connectivity index (χ2n) is 5.76.